The van der Waals surface area contributed by atoms with Gasteiger partial charge in [-0.15, -0.1) is 11.3 Å². The lowest BCUT2D eigenvalue weighted by atomic mass is 10.1. The van der Waals surface area contributed by atoms with Crippen molar-refractivity contribution in [2.75, 3.05) is 0 Å². The van der Waals surface area contributed by atoms with Crippen LogP contribution in [0, 0.1) is 0 Å². The standard InChI is InChI=1S/C47H28N4S/c1-3-11-29(12-4-1)49-38-17-9-7-15-32(38)36-27-31(19-22-40(36)49)51-41-25-26-48-28-37(41)33-21-24-43-45(46(33)51)35-20-23-42-44(47(35)52-43)34-16-8-10-18-39(34)50(42)30-13-5-2-6-14-30/h1-28H. The highest BCUT2D eigenvalue weighted by atomic mass is 32.1. The second-order valence-corrected chi connectivity index (χ2v) is 14.6. The molecule has 5 heteroatoms. The van der Waals surface area contributed by atoms with Crippen molar-refractivity contribution in [1.29, 1.82) is 0 Å². The minimum Gasteiger partial charge on any atom is -0.309 e. The van der Waals surface area contributed by atoms with Crippen LogP contribution in [-0.4, -0.2) is 18.7 Å². The van der Waals surface area contributed by atoms with Crippen molar-refractivity contribution in [3.05, 3.63) is 170 Å². The Morgan fingerprint density at radius 1 is 0.385 bits per heavy atom. The van der Waals surface area contributed by atoms with E-state index >= 15 is 0 Å². The molecule has 242 valence electrons. The SMILES string of the molecule is c1ccc(-n2c3ccccc3c3cc(-n4c5ccncc5c5ccc6sc7c(ccc8c7c7ccccc7n8-c7ccccc7)c6c54)ccc32)cc1. The molecule has 0 saturated heterocycles. The molecule has 52 heavy (non-hydrogen) atoms. The highest BCUT2D eigenvalue weighted by Gasteiger charge is 2.22. The van der Waals surface area contributed by atoms with Crippen LogP contribution in [0.2, 0.25) is 0 Å². The van der Waals surface area contributed by atoms with Crippen LogP contribution in [0.15, 0.2) is 170 Å². The third-order valence-corrected chi connectivity index (χ3v) is 12.1. The van der Waals surface area contributed by atoms with Crippen molar-refractivity contribution in [2.24, 2.45) is 0 Å². The van der Waals surface area contributed by atoms with Crippen molar-refractivity contribution in [1.82, 2.24) is 18.7 Å². The van der Waals surface area contributed by atoms with Gasteiger partial charge in [0.1, 0.15) is 0 Å². The van der Waals surface area contributed by atoms with Crippen molar-refractivity contribution in [3.63, 3.8) is 0 Å². The molecule has 0 atom stereocenters. The fourth-order valence-electron chi connectivity index (χ4n) is 8.80. The van der Waals surface area contributed by atoms with E-state index in [9.17, 15) is 0 Å². The zero-order chi connectivity index (χ0) is 33.9. The van der Waals surface area contributed by atoms with Crippen LogP contribution in [0.3, 0.4) is 0 Å². The normalized spacial score (nSPS) is 12.2. The Kier molecular flexibility index (Phi) is 5.62. The van der Waals surface area contributed by atoms with E-state index in [0.29, 0.717) is 0 Å². The summed E-state index contributed by atoms with van der Waals surface area (Å²) in [5.41, 5.74) is 10.7. The van der Waals surface area contributed by atoms with Gasteiger partial charge < -0.3 is 13.7 Å². The molecular weight excluding hydrogens is 653 g/mol. The summed E-state index contributed by atoms with van der Waals surface area (Å²) in [5.74, 6) is 0. The first kappa shape index (κ1) is 28.1. The summed E-state index contributed by atoms with van der Waals surface area (Å²) in [4.78, 5) is 4.62. The Morgan fingerprint density at radius 3 is 1.79 bits per heavy atom. The number of hydrogen-bond acceptors (Lipinski definition) is 2. The predicted octanol–water partition coefficient (Wildman–Crippen LogP) is 12.7. The van der Waals surface area contributed by atoms with Crippen molar-refractivity contribution < 1.29 is 0 Å². The summed E-state index contributed by atoms with van der Waals surface area (Å²) in [6.45, 7) is 0. The maximum Gasteiger partial charge on any atom is 0.0634 e. The summed E-state index contributed by atoms with van der Waals surface area (Å²) in [7, 11) is 0. The number of rotatable bonds is 3. The van der Waals surface area contributed by atoms with Gasteiger partial charge in [-0.2, -0.15) is 0 Å². The summed E-state index contributed by atoms with van der Waals surface area (Å²) >= 11 is 1.90. The van der Waals surface area contributed by atoms with Crippen molar-refractivity contribution >= 4 is 96.9 Å². The molecule has 0 amide bonds. The van der Waals surface area contributed by atoms with E-state index < -0.39 is 0 Å². The van der Waals surface area contributed by atoms with Gasteiger partial charge in [-0.05, 0) is 72.8 Å². The topological polar surface area (TPSA) is 27.7 Å². The number of benzene rings is 7. The number of nitrogens with zero attached hydrogens (tertiary/aromatic N) is 4. The molecule has 12 aromatic rings. The zero-order valence-corrected chi connectivity index (χ0v) is 28.7. The molecule has 0 aliphatic rings. The minimum absolute atomic E-state index is 1.14. The van der Waals surface area contributed by atoms with E-state index in [1.807, 2.05) is 23.7 Å². The van der Waals surface area contributed by atoms with Crippen molar-refractivity contribution in [3.8, 4) is 17.1 Å². The van der Waals surface area contributed by atoms with Crippen LogP contribution in [0.5, 0.6) is 0 Å². The van der Waals surface area contributed by atoms with Crippen molar-refractivity contribution in [2.45, 2.75) is 0 Å². The van der Waals surface area contributed by atoms with Gasteiger partial charge in [-0.1, -0.05) is 84.9 Å². The number of thiophene rings is 1. The number of hydrogen-bond donors (Lipinski definition) is 0. The smallest absolute Gasteiger partial charge is 0.0634 e. The van der Waals surface area contributed by atoms with E-state index in [1.54, 1.807) is 0 Å². The highest BCUT2D eigenvalue weighted by Crippen LogP contribution is 2.47. The summed E-state index contributed by atoms with van der Waals surface area (Å²) < 4.78 is 9.87. The van der Waals surface area contributed by atoms with Gasteiger partial charge >= 0.3 is 0 Å². The van der Waals surface area contributed by atoms with Crippen LogP contribution >= 0.6 is 11.3 Å². The Morgan fingerprint density at radius 2 is 1.00 bits per heavy atom. The molecule has 7 aromatic carbocycles. The van der Waals surface area contributed by atoms with Crippen LogP contribution in [0.1, 0.15) is 0 Å². The summed E-state index contributed by atoms with van der Waals surface area (Å²) in [5, 5.41) is 10.0. The molecule has 5 aromatic heterocycles. The molecular formula is C47H28N4S. The summed E-state index contributed by atoms with van der Waals surface area (Å²) in [6, 6.07) is 57.4. The summed E-state index contributed by atoms with van der Waals surface area (Å²) in [6.07, 6.45) is 3.95. The van der Waals surface area contributed by atoms with Crippen LogP contribution < -0.4 is 0 Å². The second-order valence-electron chi connectivity index (χ2n) is 13.6. The first-order valence-corrected chi connectivity index (χ1v) is 18.4. The van der Waals surface area contributed by atoms with Gasteiger partial charge in [0.25, 0.3) is 0 Å². The van der Waals surface area contributed by atoms with Gasteiger partial charge in [-0.3, -0.25) is 4.98 Å². The van der Waals surface area contributed by atoms with Gasteiger partial charge in [-0.25, -0.2) is 0 Å². The molecule has 0 N–H and O–H groups in total. The van der Waals surface area contributed by atoms with Crippen LogP contribution in [-0.2, 0) is 0 Å². The quantitative estimate of drug-likeness (QED) is 0.182. The van der Waals surface area contributed by atoms with E-state index in [-0.39, 0.29) is 0 Å². The largest absolute Gasteiger partial charge is 0.309 e. The maximum absolute atomic E-state index is 4.62. The number of para-hydroxylation sites is 4. The highest BCUT2D eigenvalue weighted by molar-refractivity contribution is 7.27. The monoisotopic (exact) mass is 680 g/mol. The number of aromatic nitrogens is 4. The molecule has 0 aliphatic carbocycles. The van der Waals surface area contributed by atoms with Gasteiger partial charge in [0.05, 0.1) is 33.1 Å². The van der Waals surface area contributed by atoms with Gasteiger partial charge in [0.2, 0.25) is 0 Å². The Balaban J connectivity index is 1.20. The second kappa shape index (κ2) is 10.4. The zero-order valence-electron chi connectivity index (χ0n) is 27.9. The first-order valence-electron chi connectivity index (χ1n) is 17.6. The molecule has 5 heterocycles. The molecule has 0 unspecified atom stereocenters. The van der Waals surface area contributed by atoms with E-state index in [1.165, 1.54) is 80.4 Å². The molecule has 0 radical (unpaired) electrons. The lowest BCUT2D eigenvalue weighted by Gasteiger charge is -2.11. The average Bonchev–Trinajstić information content (AvgIpc) is 3.94. The van der Waals surface area contributed by atoms with E-state index in [4.69, 9.17) is 0 Å². The van der Waals surface area contributed by atoms with Crippen LogP contribution in [0.4, 0.5) is 0 Å². The molecule has 0 aliphatic heterocycles. The molecule has 12 rings (SSSR count). The fraction of sp³-hybridized carbons (Fsp3) is 0. The lowest BCUT2D eigenvalue weighted by Crippen LogP contribution is -1.96. The fourth-order valence-corrected chi connectivity index (χ4v) is 10.1. The minimum atomic E-state index is 1.14. The van der Waals surface area contributed by atoms with E-state index in [0.717, 1.165) is 22.3 Å². The average molecular weight is 681 g/mol. The molecule has 0 spiro atoms. The first-order chi connectivity index (χ1) is 25.8. The molecule has 4 nitrogen and oxygen atoms in total. The molecule has 0 saturated carbocycles. The Labute approximate surface area is 301 Å². The predicted molar refractivity (Wildman–Crippen MR) is 220 cm³/mol. The molecule has 0 bridgehead atoms. The Bertz CT molecular complexity index is 3400. The van der Waals surface area contributed by atoms with Gasteiger partial charge in [0, 0.05) is 81.9 Å². The van der Waals surface area contributed by atoms with E-state index in [2.05, 4.69) is 176 Å². The number of pyridine rings is 1. The lowest BCUT2D eigenvalue weighted by molar-refractivity contribution is 1.17. The third kappa shape index (κ3) is 3.67. The molecule has 0 fully saturated rings. The number of fused-ring (bicyclic) bond motifs is 14. The maximum atomic E-state index is 4.62. The Hall–Kier alpha value is -6.69. The van der Waals surface area contributed by atoms with Gasteiger partial charge in [0.15, 0.2) is 0 Å². The van der Waals surface area contributed by atoms with Crippen LogP contribution in [0.25, 0.3) is 103 Å². The third-order valence-electron chi connectivity index (χ3n) is 10.9.